The van der Waals surface area contributed by atoms with Crippen molar-refractivity contribution in [3.05, 3.63) is 40.2 Å². The van der Waals surface area contributed by atoms with Crippen molar-refractivity contribution in [3.8, 4) is 5.88 Å². The number of fused-ring (bicyclic) bond motifs is 1. The van der Waals surface area contributed by atoms with E-state index < -0.39 is 0 Å². The molecule has 0 saturated heterocycles. The average Bonchev–Trinajstić information content (AvgIpc) is 3.06. The molecule has 128 valence electrons. The highest BCUT2D eigenvalue weighted by atomic mass is 32.1. The smallest absolute Gasteiger partial charge is 0.322 e. The van der Waals surface area contributed by atoms with Gasteiger partial charge in [0.05, 0.1) is 24.5 Å². The minimum Gasteiger partial charge on any atom is -0.475 e. The molecule has 0 radical (unpaired) electrons. The van der Waals surface area contributed by atoms with Crippen molar-refractivity contribution < 1.29 is 14.3 Å². The van der Waals surface area contributed by atoms with Crippen molar-refractivity contribution in [2.75, 3.05) is 32.2 Å². The number of pyridine rings is 1. The third-order valence-corrected chi connectivity index (χ3v) is 5.06. The van der Waals surface area contributed by atoms with Gasteiger partial charge in [-0.1, -0.05) is 0 Å². The maximum Gasteiger partial charge on any atom is 0.322 e. The predicted molar refractivity (Wildman–Crippen MR) is 93.8 cm³/mol. The standard InChI is InChI=1S/C17H21N3O3S/c1-12-14-6-10-24-15(14)5-7-20(12)17(21)19-13-3-4-16(18-11-13)23-9-8-22-2/h3-4,6,10-12H,5,7-9H2,1-2H3,(H,19,21). The Hall–Kier alpha value is -2.12. The lowest BCUT2D eigenvalue weighted by Crippen LogP contribution is -2.40. The maximum absolute atomic E-state index is 12.5. The van der Waals surface area contributed by atoms with E-state index in [1.807, 2.05) is 4.90 Å². The molecule has 3 rings (SSSR count). The maximum atomic E-state index is 12.5. The molecule has 0 aliphatic carbocycles. The average molecular weight is 347 g/mol. The van der Waals surface area contributed by atoms with Crippen molar-refractivity contribution in [3.63, 3.8) is 0 Å². The van der Waals surface area contributed by atoms with Crippen molar-refractivity contribution in [1.82, 2.24) is 9.88 Å². The summed E-state index contributed by atoms with van der Waals surface area (Å²) in [4.78, 5) is 20.0. The van der Waals surface area contributed by atoms with Crippen LogP contribution in [0, 0.1) is 0 Å². The summed E-state index contributed by atoms with van der Waals surface area (Å²) in [5, 5.41) is 5.00. The van der Waals surface area contributed by atoms with E-state index in [9.17, 15) is 4.79 Å². The highest BCUT2D eigenvalue weighted by Crippen LogP contribution is 2.33. The van der Waals surface area contributed by atoms with Crippen LogP contribution in [0.15, 0.2) is 29.8 Å². The van der Waals surface area contributed by atoms with Gasteiger partial charge in [0.15, 0.2) is 0 Å². The second-order valence-corrected chi connectivity index (χ2v) is 6.58. The summed E-state index contributed by atoms with van der Waals surface area (Å²) in [6.45, 7) is 3.75. The van der Waals surface area contributed by atoms with Crippen molar-refractivity contribution in [2.45, 2.75) is 19.4 Å². The molecule has 7 heteroatoms. The number of nitrogens with zero attached hydrogens (tertiary/aromatic N) is 2. The highest BCUT2D eigenvalue weighted by molar-refractivity contribution is 7.10. The molecule has 1 aliphatic rings. The fraction of sp³-hybridized carbons (Fsp3) is 0.412. The Balaban J connectivity index is 1.59. The number of urea groups is 1. The first-order valence-corrected chi connectivity index (χ1v) is 8.78. The van der Waals surface area contributed by atoms with Crippen LogP contribution in [0.4, 0.5) is 10.5 Å². The first-order chi connectivity index (χ1) is 11.7. The lowest BCUT2D eigenvalue weighted by molar-refractivity contribution is 0.144. The lowest BCUT2D eigenvalue weighted by atomic mass is 10.0. The predicted octanol–water partition coefficient (Wildman–Crippen LogP) is 3.32. The van der Waals surface area contributed by atoms with Crippen LogP contribution in [0.3, 0.4) is 0 Å². The van der Waals surface area contributed by atoms with Crippen molar-refractivity contribution in [2.24, 2.45) is 0 Å². The number of aromatic nitrogens is 1. The molecular formula is C17H21N3O3S. The minimum absolute atomic E-state index is 0.0876. The summed E-state index contributed by atoms with van der Waals surface area (Å²) in [6.07, 6.45) is 2.51. The van der Waals surface area contributed by atoms with E-state index >= 15 is 0 Å². The number of ether oxygens (including phenoxy) is 2. The number of carbonyl (C=O) groups excluding carboxylic acids is 1. The van der Waals surface area contributed by atoms with E-state index in [-0.39, 0.29) is 12.1 Å². The first kappa shape index (κ1) is 16.7. The lowest BCUT2D eigenvalue weighted by Gasteiger charge is -2.33. The van der Waals surface area contributed by atoms with Gasteiger partial charge in [0, 0.05) is 24.6 Å². The number of anilines is 1. The number of rotatable bonds is 5. The summed E-state index contributed by atoms with van der Waals surface area (Å²) < 4.78 is 10.3. The molecule has 3 heterocycles. The van der Waals surface area contributed by atoms with Crippen LogP contribution in [-0.4, -0.2) is 42.8 Å². The summed E-state index contributed by atoms with van der Waals surface area (Å²) in [5.41, 5.74) is 1.91. The molecule has 24 heavy (non-hydrogen) atoms. The Morgan fingerprint density at radius 3 is 3.04 bits per heavy atom. The molecule has 0 saturated carbocycles. The van der Waals surface area contributed by atoms with Crippen LogP contribution in [0.25, 0.3) is 0 Å². The zero-order chi connectivity index (χ0) is 16.9. The van der Waals surface area contributed by atoms with Gasteiger partial charge in [-0.2, -0.15) is 0 Å². The number of hydrogen-bond acceptors (Lipinski definition) is 5. The molecule has 1 unspecified atom stereocenters. The fourth-order valence-electron chi connectivity index (χ4n) is 2.75. The number of nitrogens with one attached hydrogen (secondary N) is 1. The third kappa shape index (κ3) is 3.68. The molecular weight excluding hydrogens is 326 g/mol. The zero-order valence-electron chi connectivity index (χ0n) is 13.8. The Labute approximate surface area is 145 Å². The normalized spacial score (nSPS) is 16.6. The Morgan fingerprint density at radius 2 is 2.29 bits per heavy atom. The van der Waals surface area contributed by atoms with Gasteiger partial charge in [-0.3, -0.25) is 0 Å². The zero-order valence-corrected chi connectivity index (χ0v) is 14.6. The molecule has 0 bridgehead atoms. The van der Waals surface area contributed by atoms with E-state index in [1.165, 1.54) is 10.4 Å². The first-order valence-electron chi connectivity index (χ1n) is 7.90. The largest absolute Gasteiger partial charge is 0.475 e. The van der Waals surface area contributed by atoms with Gasteiger partial charge in [-0.15, -0.1) is 11.3 Å². The van der Waals surface area contributed by atoms with Crippen LogP contribution >= 0.6 is 11.3 Å². The van der Waals surface area contributed by atoms with Crippen LogP contribution in [-0.2, 0) is 11.2 Å². The number of methoxy groups -OCH3 is 1. The Morgan fingerprint density at radius 1 is 1.42 bits per heavy atom. The van der Waals surface area contributed by atoms with E-state index in [0.717, 1.165) is 13.0 Å². The van der Waals surface area contributed by atoms with Crippen LogP contribution < -0.4 is 10.1 Å². The molecule has 6 nitrogen and oxygen atoms in total. The van der Waals surface area contributed by atoms with Gasteiger partial charge in [-0.05, 0) is 36.4 Å². The summed E-state index contributed by atoms with van der Waals surface area (Å²) in [7, 11) is 1.62. The molecule has 1 N–H and O–H groups in total. The third-order valence-electron chi connectivity index (χ3n) is 4.06. The SMILES string of the molecule is COCCOc1ccc(NC(=O)N2CCc3sccc3C2C)cn1. The second kappa shape index (κ2) is 7.63. The molecule has 2 aromatic rings. The molecule has 1 atom stereocenters. The summed E-state index contributed by atoms with van der Waals surface area (Å²) in [6, 6.07) is 5.62. The minimum atomic E-state index is -0.103. The monoisotopic (exact) mass is 347 g/mol. The topological polar surface area (TPSA) is 63.7 Å². The molecule has 0 spiro atoms. The summed E-state index contributed by atoms with van der Waals surface area (Å²) in [5.74, 6) is 0.513. The van der Waals surface area contributed by atoms with Gasteiger partial charge >= 0.3 is 6.03 Å². The number of carbonyl (C=O) groups is 1. The number of thiophene rings is 1. The van der Waals surface area contributed by atoms with Gasteiger partial charge in [0.2, 0.25) is 5.88 Å². The van der Waals surface area contributed by atoms with Gasteiger partial charge in [0.1, 0.15) is 6.61 Å². The second-order valence-electron chi connectivity index (χ2n) is 5.58. The molecule has 0 aromatic carbocycles. The molecule has 2 aromatic heterocycles. The highest BCUT2D eigenvalue weighted by Gasteiger charge is 2.28. The van der Waals surface area contributed by atoms with E-state index in [1.54, 1.807) is 36.8 Å². The van der Waals surface area contributed by atoms with Gasteiger partial charge < -0.3 is 19.7 Å². The van der Waals surface area contributed by atoms with Crippen LogP contribution in [0.1, 0.15) is 23.4 Å². The fourth-order valence-corrected chi connectivity index (χ4v) is 3.71. The summed E-state index contributed by atoms with van der Waals surface area (Å²) >= 11 is 1.77. The number of amides is 2. The molecule has 1 aliphatic heterocycles. The van der Waals surface area contributed by atoms with Crippen LogP contribution in [0.5, 0.6) is 5.88 Å². The van der Waals surface area contributed by atoms with E-state index in [2.05, 4.69) is 28.7 Å². The van der Waals surface area contributed by atoms with E-state index in [0.29, 0.717) is 24.8 Å². The molecule has 0 fully saturated rings. The van der Waals surface area contributed by atoms with Gasteiger partial charge in [-0.25, -0.2) is 9.78 Å². The number of hydrogen-bond donors (Lipinski definition) is 1. The van der Waals surface area contributed by atoms with E-state index in [4.69, 9.17) is 9.47 Å². The van der Waals surface area contributed by atoms with Crippen LogP contribution in [0.2, 0.25) is 0 Å². The quantitative estimate of drug-likeness (QED) is 0.843. The Kier molecular flexibility index (Phi) is 5.32. The Bertz CT molecular complexity index is 687. The molecule has 2 amide bonds. The van der Waals surface area contributed by atoms with Crippen molar-refractivity contribution in [1.29, 1.82) is 0 Å². The van der Waals surface area contributed by atoms with Gasteiger partial charge in [0.25, 0.3) is 0 Å². The van der Waals surface area contributed by atoms with Crippen molar-refractivity contribution >= 4 is 23.1 Å².